The summed E-state index contributed by atoms with van der Waals surface area (Å²) < 4.78 is 0. The van der Waals surface area contributed by atoms with Gasteiger partial charge < -0.3 is 0 Å². The summed E-state index contributed by atoms with van der Waals surface area (Å²) in [7, 11) is 0. The second-order valence-corrected chi connectivity index (χ2v) is 15.2. The number of rotatable bonds is 10. The van der Waals surface area contributed by atoms with Crippen LogP contribution >= 0.6 is 0 Å². The maximum absolute atomic E-state index is 4.51. The number of nitrogens with zero attached hydrogens (tertiary/aromatic N) is 8. The van der Waals surface area contributed by atoms with Crippen LogP contribution in [0, 0.1) is 13.8 Å². The topological polar surface area (TPSA) is 103 Å². The van der Waals surface area contributed by atoms with Gasteiger partial charge in [0, 0.05) is 90.6 Å². The number of aromatic nitrogens is 8. The van der Waals surface area contributed by atoms with Crippen molar-refractivity contribution in [3.05, 3.63) is 193 Å². The fraction of sp³-hybridized carbons (Fsp3) is 0.170. The van der Waals surface area contributed by atoms with Gasteiger partial charge in [-0.05, 0) is 135 Å². The number of hydrogen-bond donors (Lipinski definition) is 0. The van der Waals surface area contributed by atoms with Crippen molar-refractivity contribution in [3.63, 3.8) is 0 Å². The molecule has 0 radical (unpaired) electrons. The van der Waals surface area contributed by atoms with Crippen molar-refractivity contribution < 1.29 is 19.5 Å². The molecule has 10 rings (SSSR count). The first-order valence-electron chi connectivity index (χ1n) is 21.0. The summed E-state index contributed by atoms with van der Waals surface area (Å²) in [5.74, 6) is 0. The van der Waals surface area contributed by atoms with E-state index in [1.165, 1.54) is 54.4 Å². The molecule has 0 saturated heterocycles. The Kier molecular flexibility index (Phi) is 15.2. The van der Waals surface area contributed by atoms with Crippen LogP contribution in [0.1, 0.15) is 54.4 Å². The van der Waals surface area contributed by atoms with Gasteiger partial charge in [0.15, 0.2) is 0 Å². The quantitative estimate of drug-likeness (QED) is 0.0760. The van der Waals surface area contributed by atoms with Gasteiger partial charge in [-0.2, -0.15) is 0 Å². The average molecular weight is 898 g/mol. The van der Waals surface area contributed by atoms with Gasteiger partial charge in [0.05, 0.1) is 44.8 Å². The molecule has 0 bridgehead atoms. The maximum Gasteiger partial charge on any atom is 0.0964 e. The molecule has 8 aromatic heterocycles. The van der Waals surface area contributed by atoms with Crippen LogP contribution in [0.3, 0.4) is 0 Å². The van der Waals surface area contributed by atoms with E-state index in [-0.39, 0.29) is 19.5 Å². The fourth-order valence-corrected chi connectivity index (χ4v) is 7.44. The fourth-order valence-electron chi connectivity index (χ4n) is 7.44. The van der Waals surface area contributed by atoms with E-state index in [0.717, 1.165) is 79.2 Å². The molecule has 0 atom stereocenters. The van der Waals surface area contributed by atoms with Crippen molar-refractivity contribution in [3.8, 4) is 22.8 Å². The molecule has 0 aliphatic rings. The van der Waals surface area contributed by atoms with Crippen LogP contribution in [0.4, 0.5) is 0 Å². The summed E-state index contributed by atoms with van der Waals surface area (Å²) in [6.45, 7) is 4.17. The molecule has 0 saturated carbocycles. The van der Waals surface area contributed by atoms with Gasteiger partial charge in [-0.15, -0.1) is 0 Å². The Morgan fingerprint density at radius 1 is 0.306 bits per heavy atom. The minimum atomic E-state index is 0. The standard InChI is InChI=1S/C29H32N4.2C12H8N2.Ru/c1-22-10-14-30-26(18-22)28-20-24(12-16-32-28)8-6-4-3-5-7-9-25-13-17-33-29(21-25)27-19-23(2)11-15-31-27;2*1-3-9-5-6-10-4-2-8-14-12(10)11(9)13-7-1;/h10-21H,3-9H2,1-2H3;2*1-8H;. The summed E-state index contributed by atoms with van der Waals surface area (Å²) >= 11 is 0. The number of hydrogen-bond acceptors (Lipinski definition) is 8. The van der Waals surface area contributed by atoms with Gasteiger partial charge in [-0.3, -0.25) is 39.9 Å². The van der Waals surface area contributed by atoms with Crippen LogP contribution in [0.2, 0.25) is 0 Å². The van der Waals surface area contributed by atoms with Gasteiger partial charge in [0.2, 0.25) is 0 Å². The monoisotopic (exact) mass is 898 g/mol. The summed E-state index contributed by atoms with van der Waals surface area (Å²) in [4.78, 5) is 35.3. The molecule has 308 valence electrons. The summed E-state index contributed by atoms with van der Waals surface area (Å²) in [6.07, 6.45) is 23.1. The van der Waals surface area contributed by atoms with Crippen molar-refractivity contribution in [2.75, 3.05) is 0 Å². The number of unbranched alkanes of at least 4 members (excludes halogenated alkanes) is 4. The van der Waals surface area contributed by atoms with E-state index < -0.39 is 0 Å². The zero-order valence-corrected chi connectivity index (χ0v) is 36.8. The predicted octanol–water partition coefficient (Wildman–Crippen LogP) is 12.5. The smallest absolute Gasteiger partial charge is 0.0964 e. The third-order valence-electron chi connectivity index (χ3n) is 10.6. The molecule has 8 nitrogen and oxygen atoms in total. The van der Waals surface area contributed by atoms with Crippen LogP contribution < -0.4 is 0 Å². The van der Waals surface area contributed by atoms with Gasteiger partial charge in [0.25, 0.3) is 0 Å². The predicted molar refractivity (Wildman–Crippen MR) is 249 cm³/mol. The minimum absolute atomic E-state index is 0. The second kappa shape index (κ2) is 21.7. The molecule has 62 heavy (non-hydrogen) atoms. The molecule has 0 fully saturated rings. The average Bonchev–Trinajstić information content (AvgIpc) is 3.32. The molecule has 0 unspecified atom stereocenters. The molecule has 9 heteroatoms. The van der Waals surface area contributed by atoms with E-state index >= 15 is 0 Å². The van der Waals surface area contributed by atoms with Gasteiger partial charge in [0.1, 0.15) is 0 Å². The molecular formula is C53H48N8Ru. The molecule has 0 amide bonds. The van der Waals surface area contributed by atoms with Gasteiger partial charge in [-0.25, -0.2) is 0 Å². The first-order valence-corrected chi connectivity index (χ1v) is 21.0. The molecule has 0 N–H and O–H groups in total. The number of aryl methyl sites for hydroxylation is 4. The Labute approximate surface area is 375 Å². The number of benzene rings is 2. The van der Waals surface area contributed by atoms with Crippen LogP contribution in [0.25, 0.3) is 66.4 Å². The second-order valence-electron chi connectivity index (χ2n) is 15.2. The van der Waals surface area contributed by atoms with Crippen LogP contribution in [0.5, 0.6) is 0 Å². The van der Waals surface area contributed by atoms with Crippen molar-refractivity contribution in [2.45, 2.75) is 58.8 Å². The largest absolute Gasteiger partial charge is 0.255 e. The van der Waals surface area contributed by atoms with E-state index in [0.29, 0.717) is 0 Å². The molecular weight excluding hydrogens is 850 g/mol. The van der Waals surface area contributed by atoms with Crippen LogP contribution in [-0.4, -0.2) is 39.9 Å². The summed E-state index contributed by atoms with van der Waals surface area (Å²) in [5, 5.41) is 4.55. The summed E-state index contributed by atoms with van der Waals surface area (Å²) in [5.41, 5.74) is 12.9. The molecule has 8 heterocycles. The normalized spacial score (nSPS) is 10.7. The Hall–Kier alpha value is -6.70. The molecule has 0 aliphatic heterocycles. The Morgan fingerprint density at radius 2 is 0.613 bits per heavy atom. The van der Waals surface area contributed by atoms with Gasteiger partial charge >= 0.3 is 0 Å². The number of pyridine rings is 8. The van der Waals surface area contributed by atoms with Crippen LogP contribution in [0.15, 0.2) is 171 Å². The van der Waals surface area contributed by atoms with Crippen molar-refractivity contribution in [1.29, 1.82) is 0 Å². The number of fused-ring (bicyclic) bond motifs is 6. The first kappa shape index (κ1) is 43.4. The summed E-state index contributed by atoms with van der Waals surface area (Å²) in [6, 6.07) is 41.1. The zero-order chi connectivity index (χ0) is 41.6. The Bertz CT molecular complexity index is 2710. The van der Waals surface area contributed by atoms with Crippen LogP contribution in [-0.2, 0) is 32.3 Å². The molecule has 10 aromatic rings. The van der Waals surface area contributed by atoms with Gasteiger partial charge in [-0.1, -0.05) is 67.8 Å². The maximum atomic E-state index is 4.51. The van der Waals surface area contributed by atoms with E-state index in [1.54, 1.807) is 24.8 Å². The van der Waals surface area contributed by atoms with Crippen molar-refractivity contribution in [1.82, 2.24) is 39.9 Å². The van der Waals surface area contributed by atoms with E-state index in [2.05, 4.69) is 139 Å². The van der Waals surface area contributed by atoms with E-state index in [4.69, 9.17) is 0 Å². The molecule has 2 aromatic carbocycles. The Morgan fingerprint density at radius 3 is 0.952 bits per heavy atom. The Balaban J connectivity index is 0.000000162. The van der Waals surface area contributed by atoms with Crippen molar-refractivity contribution >= 4 is 43.6 Å². The molecule has 0 aliphatic carbocycles. The van der Waals surface area contributed by atoms with E-state index in [9.17, 15) is 0 Å². The first-order chi connectivity index (χ1) is 30.1. The third kappa shape index (κ3) is 11.4. The minimum Gasteiger partial charge on any atom is -0.255 e. The SMILES string of the molecule is Cc1ccnc(-c2cc(CCCCCCCc3ccnc(-c4cc(C)ccn4)c3)ccn2)c1.[Ru].c1cnc2c(c1)ccc1cccnc12.c1cnc2c(c1)ccc1cccnc12. The molecule has 0 spiro atoms. The zero-order valence-electron chi connectivity index (χ0n) is 35.0. The van der Waals surface area contributed by atoms with E-state index in [1.807, 2.05) is 61.2 Å². The third-order valence-corrected chi connectivity index (χ3v) is 10.6. The van der Waals surface area contributed by atoms with Crippen molar-refractivity contribution in [2.24, 2.45) is 0 Å².